The predicted molar refractivity (Wildman–Crippen MR) is 148 cm³/mol. The van der Waals surface area contributed by atoms with Gasteiger partial charge in [-0.1, -0.05) is 35.9 Å². The third kappa shape index (κ3) is 6.66. The molecule has 0 bridgehead atoms. The summed E-state index contributed by atoms with van der Waals surface area (Å²) in [5, 5.41) is 11.2. The van der Waals surface area contributed by atoms with Crippen LogP contribution < -0.4 is 14.8 Å². The molecule has 4 rings (SSSR count). The number of anilines is 1. The molecule has 1 aliphatic rings. The molecule has 0 aliphatic carbocycles. The molecule has 3 aromatic rings. The minimum atomic E-state index is -1.00. The Morgan fingerprint density at radius 1 is 1.00 bits per heavy atom. The number of benzene rings is 3. The van der Waals surface area contributed by atoms with Gasteiger partial charge in [0.05, 0.1) is 17.6 Å². The Kier molecular flexibility index (Phi) is 8.36. The van der Waals surface area contributed by atoms with E-state index in [1.54, 1.807) is 42.5 Å². The number of hydrogen-bond donors (Lipinski definition) is 2. The topological polar surface area (TPSA) is 122 Å². The van der Waals surface area contributed by atoms with Gasteiger partial charge in [-0.2, -0.15) is 0 Å². The van der Waals surface area contributed by atoms with E-state index in [0.717, 1.165) is 33.4 Å². The highest BCUT2D eigenvalue weighted by Crippen LogP contribution is 2.35. The normalized spacial score (nSPS) is 14.0. The molecule has 1 heterocycles. The number of amides is 3. The smallest absolute Gasteiger partial charge is 0.335 e. The molecule has 0 saturated carbocycles. The zero-order valence-electron chi connectivity index (χ0n) is 21.5. The molecule has 200 valence electrons. The number of carboxylic acid groups (broad SMARTS) is 1. The van der Waals surface area contributed by atoms with Gasteiger partial charge < -0.3 is 19.9 Å². The van der Waals surface area contributed by atoms with Gasteiger partial charge in [-0.15, -0.1) is 0 Å². The Hall–Kier alpha value is -4.57. The lowest BCUT2D eigenvalue weighted by Crippen LogP contribution is -2.36. The van der Waals surface area contributed by atoms with E-state index in [2.05, 4.69) is 5.32 Å². The maximum absolute atomic E-state index is 12.9. The van der Waals surface area contributed by atoms with Gasteiger partial charge in [0.2, 0.25) is 5.91 Å². The molecule has 0 unspecified atom stereocenters. The van der Waals surface area contributed by atoms with Gasteiger partial charge >= 0.3 is 5.97 Å². The lowest BCUT2D eigenvalue weighted by Gasteiger charge is -2.14. The lowest BCUT2D eigenvalue weighted by atomic mass is 10.1. The third-order valence-corrected chi connectivity index (χ3v) is 6.82. The molecule has 3 amide bonds. The highest BCUT2D eigenvalue weighted by Gasteiger charge is 2.36. The Morgan fingerprint density at radius 3 is 2.41 bits per heavy atom. The van der Waals surface area contributed by atoms with Crippen molar-refractivity contribution < 1.29 is 33.8 Å². The molecule has 2 N–H and O–H groups in total. The fourth-order valence-electron chi connectivity index (χ4n) is 3.87. The first-order valence-corrected chi connectivity index (χ1v) is 12.7. The van der Waals surface area contributed by atoms with Crippen LogP contribution >= 0.6 is 11.8 Å². The number of hydrogen-bond acceptors (Lipinski definition) is 7. The summed E-state index contributed by atoms with van der Waals surface area (Å²) in [6.07, 6.45) is 1.56. The quantitative estimate of drug-likeness (QED) is 0.348. The predicted octanol–water partition coefficient (Wildman–Crippen LogP) is 5.26. The molecular formula is C29H26N2O7S. The Morgan fingerprint density at radius 2 is 1.74 bits per heavy atom. The first kappa shape index (κ1) is 27.5. The van der Waals surface area contributed by atoms with E-state index in [-0.39, 0.29) is 17.1 Å². The number of nitrogens with zero attached hydrogens (tertiary/aromatic N) is 1. The SMILES string of the molecule is COc1cc(/C=C2\SC(=O)N(CC(=O)Nc3ccc(C)cc3C)C2=O)ccc1OCc1ccc(C(=O)O)cc1. The van der Waals surface area contributed by atoms with Crippen LogP contribution in [-0.2, 0) is 16.2 Å². The Labute approximate surface area is 229 Å². The van der Waals surface area contributed by atoms with E-state index in [9.17, 15) is 19.2 Å². The van der Waals surface area contributed by atoms with Crippen LogP contribution in [0.3, 0.4) is 0 Å². The number of carboxylic acids is 1. The van der Waals surface area contributed by atoms with Crippen molar-refractivity contribution in [3.05, 3.63) is 93.4 Å². The minimum absolute atomic E-state index is 0.187. The number of carbonyl (C=O) groups is 4. The Balaban J connectivity index is 1.41. The zero-order chi connectivity index (χ0) is 28.1. The molecule has 0 spiro atoms. The van der Waals surface area contributed by atoms with Crippen molar-refractivity contribution in [3.8, 4) is 11.5 Å². The number of carbonyl (C=O) groups excluding carboxylic acids is 3. The van der Waals surface area contributed by atoms with Gasteiger partial charge in [-0.05, 0) is 78.7 Å². The van der Waals surface area contributed by atoms with E-state index in [0.29, 0.717) is 22.7 Å². The third-order valence-electron chi connectivity index (χ3n) is 5.91. The summed E-state index contributed by atoms with van der Waals surface area (Å²) < 4.78 is 11.3. The summed E-state index contributed by atoms with van der Waals surface area (Å²) in [6.45, 7) is 3.62. The van der Waals surface area contributed by atoms with Crippen LogP contribution in [-0.4, -0.2) is 46.7 Å². The van der Waals surface area contributed by atoms with Crippen LogP contribution in [0, 0.1) is 13.8 Å². The van der Waals surface area contributed by atoms with E-state index in [1.165, 1.54) is 19.2 Å². The van der Waals surface area contributed by atoms with Gasteiger partial charge in [0.25, 0.3) is 11.1 Å². The maximum atomic E-state index is 12.9. The van der Waals surface area contributed by atoms with E-state index >= 15 is 0 Å². The summed E-state index contributed by atoms with van der Waals surface area (Å²) >= 11 is 0.763. The summed E-state index contributed by atoms with van der Waals surface area (Å²) in [6, 6.07) is 17.0. The van der Waals surface area contributed by atoms with Crippen LogP contribution in [0.5, 0.6) is 11.5 Å². The lowest BCUT2D eigenvalue weighted by molar-refractivity contribution is -0.127. The second-order valence-electron chi connectivity index (χ2n) is 8.84. The van der Waals surface area contributed by atoms with Gasteiger partial charge in [0.1, 0.15) is 13.2 Å². The van der Waals surface area contributed by atoms with Gasteiger partial charge in [0.15, 0.2) is 11.5 Å². The highest BCUT2D eigenvalue weighted by molar-refractivity contribution is 8.18. The van der Waals surface area contributed by atoms with Gasteiger partial charge in [0, 0.05) is 5.69 Å². The molecule has 39 heavy (non-hydrogen) atoms. The standard InChI is InChI=1S/C29H26N2O7S/c1-17-4-10-22(18(2)12-17)30-26(32)15-31-27(33)25(39-29(31)36)14-20-7-11-23(24(13-20)37-3)38-16-19-5-8-21(9-6-19)28(34)35/h4-14H,15-16H2,1-3H3,(H,30,32)(H,34,35)/b25-14-. The number of methoxy groups -OCH3 is 1. The van der Waals surface area contributed by atoms with Crippen LogP contribution in [0.25, 0.3) is 6.08 Å². The molecule has 9 nitrogen and oxygen atoms in total. The number of aromatic carboxylic acids is 1. The molecular weight excluding hydrogens is 520 g/mol. The van der Waals surface area contributed by atoms with Crippen LogP contribution in [0.2, 0.25) is 0 Å². The van der Waals surface area contributed by atoms with Crippen molar-refractivity contribution >= 4 is 46.5 Å². The molecule has 0 radical (unpaired) electrons. The van der Waals surface area contributed by atoms with Crippen molar-refractivity contribution in [2.75, 3.05) is 19.0 Å². The zero-order valence-corrected chi connectivity index (χ0v) is 22.3. The number of nitrogens with one attached hydrogen (secondary N) is 1. The summed E-state index contributed by atoms with van der Waals surface area (Å²) in [5.41, 5.74) is 4.14. The first-order valence-electron chi connectivity index (χ1n) is 11.9. The van der Waals surface area contributed by atoms with Crippen molar-refractivity contribution in [1.82, 2.24) is 4.90 Å². The average molecular weight is 547 g/mol. The average Bonchev–Trinajstić information content (AvgIpc) is 3.16. The van der Waals surface area contributed by atoms with E-state index in [1.807, 2.05) is 26.0 Å². The van der Waals surface area contributed by atoms with E-state index < -0.39 is 29.6 Å². The van der Waals surface area contributed by atoms with Crippen LogP contribution in [0.15, 0.2) is 65.6 Å². The molecule has 1 aliphatic heterocycles. The van der Waals surface area contributed by atoms with Crippen LogP contribution in [0.4, 0.5) is 10.5 Å². The molecule has 0 aromatic heterocycles. The summed E-state index contributed by atoms with van der Waals surface area (Å²) in [5.74, 6) is -1.15. The molecule has 0 atom stereocenters. The second kappa shape index (κ2) is 11.9. The van der Waals surface area contributed by atoms with Gasteiger partial charge in [-0.25, -0.2) is 4.79 Å². The van der Waals surface area contributed by atoms with Crippen molar-refractivity contribution in [2.45, 2.75) is 20.5 Å². The number of imide groups is 1. The number of aryl methyl sites for hydroxylation is 2. The largest absolute Gasteiger partial charge is 0.493 e. The Bertz CT molecular complexity index is 1480. The second-order valence-corrected chi connectivity index (χ2v) is 9.83. The molecule has 1 fully saturated rings. The van der Waals surface area contributed by atoms with Gasteiger partial charge in [-0.3, -0.25) is 19.3 Å². The molecule has 3 aromatic carbocycles. The number of ether oxygens (including phenoxy) is 2. The van der Waals surface area contributed by atoms with Crippen molar-refractivity contribution in [2.24, 2.45) is 0 Å². The fraction of sp³-hybridized carbons (Fsp3) is 0.172. The molecule has 1 saturated heterocycles. The number of thioether (sulfide) groups is 1. The fourth-order valence-corrected chi connectivity index (χ4v) is 4.71. The number of rotatable bonds is 9. The highest BCUT2D eigenvalue weighted by atomic mass is 32.2. The van der Waals surface area contributed by atoms with Crippen molar-refractivity contribution in [1.29, 1.82) is 0 Å². The minimum Gasteiger partial charge on any atom is -0.493 e. The first-order chi connectivity index (χ1) is 18.6. The summed E-state index contributed by atoms with van der Waals surface area (Å²) in [4.78, 5) is 50.1. The maximum Gasteiger partial charge on any atom is 0.335 e. The summed E-state index contributed by atoms with van der Waals surface area (Å²) in [7, 11) is 1.48. The van der Waals surface area contributed by atoms with Crippen molar-refractivity contribution in [3.63, 3.8) is 0 Å². The molecule has 10 heteroatoms. The van der Waals surface area contributed by atoms with E-state index in [4.69, 9.17) is 14.6 Å². The monoisotopic (exact) mass is 546 g/mol. The van der Waals surface area contributed by atoms with Crippen LogP contribution in [0.1, 0.15) is 32.6 Å².